The lowest BCUT2D eigenvalue weighted by atomic mass is 10.1. The summed E-state index contributed by atoms with van der Waals surface area (Å²) in [7, 11) is -1.47. The van der Waals surface area contributed by atoms with Crippen molar-refractivity contribution < 1.29 is 13.5 Å². The summed E-state index contributed by atoms with van der Waals surface area (Å²) in [4.78, 5) is 12.1. The van der Waals surface area contributed by atoms with Crippen LogP contribution in [0.2, 0.25) is 0 Å². The molecule has 0 radical (unpaired) electrons. The van der Waals surface area contributed by atoms with E-state index in [9.17, 15) is 9.36 Å². The molecule has 0 aliphatic carbocycles. The monoisotopic (exact) mass is 306 g/mol. The highest BCUT2D eigenvalue weighted by molar-refractivity contribution is 7.60. The van der Waals surface area contributed by atoms with Gasteiger partial charge in [-0.3, -0.25) is 4.57 Å². The molecule has 0 saturated heterocycles. The Morgan fingerprint density at radius 3 is 2.90 bits per heavy atom. The van der Waals surface area contributed by atoms with Crippen LogP contribution >= 0.6 is 7.52 Å². The quantitative estimate of drug-likeness (QED) is 0.694. The first-order valence-corrected chi connectivity index (χ1v) is 8.19. The first-order chi connectivity index (χ1) is 10.0. The van der Waals surface area contributed by atoms with E-state index in [0.717, 1.165) is 5.39 Å². The van der Waals surface area contributed by atoms with Crippen LogP contribution in [0, 0.1) is 0 Å². The van der Waals surface area contributed by atoms with Crippen LogP contribution in [0.1, 0.15) is 12.5 Å². The van der Waals surface area contributed by atoms with Crippen molar-refractivity contribution in [1.29, 1.82) is 0 Å². The molecule has 2 aromatic rings. The second kappa shape index (κ2) is 5.15. The van der Waals surface area contributed by atoms with Crippen molar-refractivity contribution >= 4 is 24.2 Å². The summed E-state index contributed by atoms with van der Waals surface area (Å²) in [6, 6.07) is 8.96. The van der Waals surface area contributed by atoms with E-state index in [2.05, 4.69) is 5.43 Å². The average molecular weight is 306 g/mol. The maximum atomic E-state index is 12.5. The molecule has 110 valence electrons. The van der Waals surface area contributed by atoms with Gasteiger partial charge in [0.15, 0.2) is 0 Å². The van der Waals surface area contributed by atoms with Gasteiger partial charge < -0.3 is 14.4 Å². The predicted molar refractivity (Wildman–Crippen MR) is 80.6 cm³/mol. The van der Waals surface area contributed by atoms with E-state index in [1.165, 1.54) is 10.6 Å². The zero-order valence-corrected chi connectivity index (χ0v) is 12.6. The first kappa shape index (κ1) is 14.1. The van der Waals surface area contributed by atoms with Crippen molar-refractivity contribution in [2.24, 2.45) is 0 Å². The molecule has 0 saturated carbocycles. The maximum Gasteiger partial charge on any atom is 0.345 e. The van der Waals surface area contributed by atoms with Crippen molar-refractivity contribution in [1.82, 2.24) is 10.2 Å². The summed E-state index contributed by atoms with van der Waals surface area (Å²) in [5.41, 5.74) is 3.71. The molecule has 1 atom stereocenters. The fourth-order valence-corrected chi connectivity index (χ4v) is 3.77. The fraction of sp³-hybridized carbons (Fsp3) is 0.214. The number of benzene rings is 1. The Morgan fingerprint density at radius 2 is 2.14 bits per heavy atom. The van der Waals surface area contributed by atoms with Crippen LogP contribution < -0.4 is 11.1 Å². The number of nitrogens with one attached hydrogen (secondary N) is 1. The highest BCUT2D eigenvalue weighted by Gasteiger charge is 2.34. The Bertz CT molecular complexity index is 827. The fourth-order valence-electron chi connectivity index (χ4n) is 2.21. The molecule has 1 aromatic carbocycles. The second-order valence-electron chi connectivity index (χ2n) is 4.65. The number of hydrogen-bond donors (Lipinski definition) is 1. The third-order valence-electron chi connectivity index (χ3n) is 3.24. The molecule has 3 rings (SSSR count). The number of hydrazine groups is 1. The van der Waals surface area contributed by atoms with Gasteiger partial charge in [-0.25, -0.2) is 4.79 Å². The van der Waals surface area contributed by atoms with Crippen LogP contribution in [-0.2, 0) is 9.09 Å². The molecular weight excluding hydrogens is 291 g/mol. The van der Waals surface area contributed by atoms with Crippen LogP contribution in [0.4, 0.5) is 0 Å². The molecule has 21 heavy (non-hydrogen) atoms. The minimum absolute atomic E-state index is 0.319. The van der Waals surface area contributed by atoms with Crippen LogP contribution in [0.25, 0.3) is 16.7 Å². The van der Waals surface area contributed by atoms with Crippen LogP contribution in [0.5, 0.6) is 0 Å². The summed E-state index contributed by atoms with van der Waals surface area (Å²) < 4.78 is 24.5. The van der Waals surface area contributed by atoms with Gasteiger partial charge in [-0.2, -0.15) is 0 Å². The van der Waals surface area contributed by atoms with E-state index in [-0.39, 0.29) is 0 Å². The van der Waals surface area contributed by atoms with Crippen molar-refractivity contribution in [3.05, 3.63) is 52.1 Å². The average Bonchev–Trinajstić information content (AvgIpc) is 2.74. The molecule has 2 heterocycles. The summed E-state index contributed by atoms with van der Waals surface area (Å²) in [6.45, 7) is 2.09. The van der Waals surface area contributed by atoms with Gasteiger partial charge in [0.05, 0.1) is 17.9 Å². The highest BCUT2D eigenvalue weighted by Crippen LogP contribution is 2.55. The van der Waals surface area contributed by atoms with Crippen LogP contribution in [0.3, 0.4) is 0 Å². The van der Waals surface area contributed by atoms with Gasteiger partial charge in [0.1, 0.15) is 5.58 Å². The van der Waals surface area contributed by atoms with Crippen LogP contribution in [-0.4, -0.2) is 18.4 Å². The number of fused-ring (bicyclic) bond motifs is 1. The lowest BCUT2D eigenvalue weighted by molar-refractivity contribution is 0.287. The molecule has 1 aliphatic heterocycles. The Balaban J connectivity index is 2.11. The highest BCUT2D eigenvalue weighted by atomic mass is 31.2. The number of para-hydroxylation sites is 1. The van der Waals surface area contributed by atoms with Gasteiger partial charge in [0, 0.05) is 18.3 Å². The molecule has 0 amide bonds. The van der Waals surface area contributed by atoms with Crippen molar-refractivity contribution in [3.63, 3.8) is 0 Å². The van der Waals surface area contributed by atoms with Crippen LogP contribution in [0.15, 0.2) is 45.4 Å². The largest absolute Gasteiger partial charge is 0.422 e. The summed E-state index contributed by atoms with van der Waals surface area (Å²) >= 11 is 0. The Morgan fingerprint density at radius 1 is 1.38 bits per heavy atom. The van der Waals surface area contributed by atoms with Crippen molar-refractivity contribution in [2.75, 3.05) is 13.7 Å². The summed E-state index contributed by atoms with van der Waals surface area (Å²) in [5.74, 6) is 1.46. The SMILES string of the molecule is CCOP1(=O)C=C(c2cc3ccccc3oc2=O)NN1C. The smallest absolute Gasteiger partial charge is 0.345 e. The molecule has 1 aromatic heterocycles. The van der Waals surface area contributed by atoms with Gasteiger partial charge in [0.2, 0.25) is 0 Å². The zero-order chi connectivity index (χ0) is 15.0. The predicted octanol–water partition coefficient (Wildman–Crippen LogP) is 2.77. The van der Waals surface area contributed by atoms with Gasteiger partial charge >= 0.3 is 13.1 Å². The number of nitrogens with zero attached hydrogens (tertiary/aromatic N) is 1. The molecule has 1 N–H and O–H groups in total. The van der Waals surface area contributed by atoms with Crippen molar-refractivity contribution in [3.8, 4) is 0 Å². The second-order valence-corrected chi connectivity index (χ2v) is 6.89. The normalized spacial score (nSPS) is 22.3. The third-order valence-corrected chi connectivity index (χ3v) is 5.39. The van der Waals surface area contributed by atoms with E-state index in [1.54, 1.807) is 32.2 Å². The minimum Gasteiger partial charge on any atom is -0.422 e. The Labute approximate surface area is 121 Å². The number of rotatable bonds is 3. The third kappa shape index (κ3) is 2.42. The number of hydrogen-bond acceptors (Lipinski definition) is 5. The molecule has 1 aliphatic rings. The Kier molecular flexibility index (Phi) is 3.45. The lowest BCUT2D eigenvalue weighted by Crippen LogP contribution is -2.26. The van der Waals surface area contributed by atoms with E-state index in [1.807, 2.05) is 12.1 Å². The molecular formula is C14H15N2O4P. The molecule has 0 bridgehead atoms. The van der Waals surface area contributed by atoms with E-state index in [4.69, 9.17) is 8.94 Å². The molecule has 1 unspecified atom stereocenters. The van der Waals surface area contributed by atoms with Crippen molar-refractivity contribution in [2.45, 2.75) is 6.92 Å². The topological polar surface area (TPSA) is 71.8 Å². The first-order valence-electron chi connectivity index (χ1n) is 6.55. The molecule has 0 fully saturated rings. The molecule has 7 heteroatoms. The van der Waals surface area contributed by atoms with Gasteiger partial charge in [-0.15, -0.1) is 4.78 Å². The van der Waals surface area contributed by atoms with Gasteiger partial charge in [0.25, 0.3) is 0 Å². The minimum atomic E-state index is -3.08. The maximum absolute atomic E-state index is 12.5. The zero-order valence-electron chi connectivity index (χ0n) is 11.7. The molecule has 6 nitrogen and oxygen atoms in total. The standard InChI is InChI=1S/C14H15N2O4P/c1-3-19-21(18)9-12(15-16(21)2)11-8-10-6-4-5-7-13(10)20-14(11)17/h4-9,15H,3H2,1-2H3. The van der Waals surface area contributed by atoms with E-state index in [0.29, 0.717) is 23.5 Å². The summed E-state index contributed by atoms with van der Waals surface area (Å²) in [5, 5.41) is 0.801. The van der Waals surface area contributed by atoms with Gasteiger partial charge in [-0.05, 0) is 19.1 Å². The van der Waals surface area contributed by atoms with E-state index < -0.39 is 13.1 Å². The van der Waals surface area contributed by atoms with E-state index >= 15 is 0 Å². The lowest BCUT2D eigenvalue weighted by Gasteiger charge is -2.18. The molecule has 0 spiro atoms. The summed E-state index contributed by atoms with van der Waals surface area (Å²) in [6.07, 6.45) is 0. The van der Waals surface area contributed by atoms with Gasteiger partial charge in [-0.1, -0.05) is 18.2 Å². The Hall–Kier alpha value is -1.88.